The number of aromatic hydroxyl groups is 1. The van der Waals surface area contributed by atoms with Crippen LogP contribution in [0.15, 0.2) is 42.5 Å². The average Bonchev–Trinajstić information content (AvgIpc) is 3.08. The van der Waals surface area contributed by atoms with Gasteiger partial charge < -0.3 is 15.4 Å². The van der Waals surface area contributed by atoms with Crippen molar-refractivity contribution in [2.75, 3.05) is 0 Å². The molecule has 2 aromatic carbocycles. The molecule has 1 saturated carbocycles. The van der Waals surface area contributed by atoms with Crippen molar-refractivity contribution in [2.24, 2.45) is 0 Å². The molecular weight excluding hydrogens is 350 g/mol. The van der Waals surface area contributed by atoms with Crippen LogP contribution >= 0.6 is 11.6 Å². The topological polar surface area (TPSA) is 78.0 Å². The summed E-state index contributed by atoms with van der Waals surface area (Å²) in [6.07, 6.45) is 3.92. The molecule has 0 spiro atoms. The summed E-state index contributed by atoms with van der Waals surface area (Å²) in [4.78, 5) is 20.6. The highest BCUT2D eigenvalue weighted by Crippen LogP contribution is 2.32. The molecule has 1 aromatic heterocycles. The number of H-pyrrole nitrogens is 1. The van der Waals surface area contributed by atoms with Crippen molar-refractivity contribution in [3.63, 3.8) is 0 Å². The van der Waals surface area contributed by atoms with Gasteiger partial charge in [-0.25, -0.2) is 4.98 Å². The summed E-state index contributed by atoms with van der Waals surface area (Å²) in [5.74, 6) is 1.12. The van der Waals surface area contributed by atoms with Gasteiger partial charge in [0.05, 0.1) is 16.1 Å². The van der Waals surface area contributed by atoms with Crippen LogP contribution in [0.3, 0.4) is 0 Å². The third-order valence-corrected chi connectivity index (χ3v) is 5.32. The number of phenols is 1. The second-order valence-corrected chi connectivity index (χ2v) is 7.25. The summed E-state index contributed by atoms with van der Waals surface area (Å²) in [6.45, 7) is 0. The van der Waals surface area contributed by atoms with Crippen LogP contribution in [0.25, 0.3) is 11.0 Å². The highest BCUT2D eigenvalue weighted by Gasteiger charge is 2.26. The average molecular weight is 370 g/mol. The fourth-order valence-electron chi connectivity index (χ4n) is 3.65. The molecule has 2 unspecified atom stereocenters. The summed E-state index contributed by atoms with van der Waals surface area (Å²) in [5.41, 5.74) is 2.48. The second kappa shape index (κ2) is 7.00. The number of halogens is 1. The summed E-state index contributed by atoms with van der Waals surface area (Å²) in [7, 11) is 0. The number of rotatable bonds is 3. The highest BCUT2D eigenvalue weighted by atomic mass is 35.5. The van der Waals surface area contributed by atoms with E-state index in [2.05, 4.69) is 10.3 Å². The van der Waals surface area contributed by atoms with E-state index in [4.69, 9.17) is 16.6 Å². The van der Waals surface area contributed by atoms with Crippen molar-refractivity contribution in [2.45, 2.75) is 37.6 Å². The monoisotopic (exact) mass is 369 g/mol. The number of para-hydroxylation sites is 2. The van der Waals surface area contributed by atoms with Crippen molar-refractivity contribution in [1.29, 1.82) is 0 Å². The van der Waals surface area contributed by atoms with Gasteiger partial charge in [0.1, 0.15) is 11.6 Å². The normalized spacial score (nSPS) is 20.2. The predicted octanol–water partition coefficient (Wildman–Crippen LogP) is 4.38. The lowest BCUT2D eigenvalue weighted by Crippen LogP contribution is -2.38. The Morgan fingerprint density at radius 1 is 1.23 bits per heavy atom. The maximum absolute atomic E-state index is 12.5. The van der Waals surface area contributed by atoms with Gasteiger partial charge in [0.2, 0.25) is 0 Å². The highest BCUT2D eigenvalue weighted by molar-refractivity contribution is 6.32. The molecule has 26 heavy (non-hydrogen) atoms. The Morgan fingerprint density at radius 2 is 2.08 bits per heavy atom. The van der Waals surface area contributed by atoms with Crippen LogP contribution in [0.1, 0.15) is 47.8 Å². The molecule has 3 N–H and O–H groups in total. The minimum atomic E-state index is -0.165. The largest absolute Gasteiger partial charge is 0.506 e. The maximum Gasteiger partial charge on any atom is 0.251 e. The fourth-order valence-corrected chi connectivity index (χ4v) is 3.83. The molecule has 6 heteroatoms. The number of nitrogens with zero attached hydrogens (tertiary/aromatic N) is 1. The molecule has 0 aliphatic heterocycles. The molecular formula is C20H20ClN3O2. The quantitative estimate of drug-likeness (QED) is 0.641. The van der Waals surface area contributed by atoms with Crippen LogP contribution in [0.5, 0.6) is 5.75 Å². The van der Waals surface area contributed by atoms with Gasteiger partial charge in [-0.05, 0) is 49.6 Å². The number of hydrogen-bond acceptors (Lipinski definition) is 3. The van der Waals surface area contributed by atoms with Crippen LogP contribution < -0.4 is 5.32 Å². The second-order valence-electron chi connectivity index (χ2n) is 6.84. The molecule has 134 valence electrons. The van der Waals surface area contributed by atoms with Crippen molar-refractivity contribution in [3.05, 3.63) is 58.9 Å². The molecule has 1 aliphatic carbocycles. The first-order valence-corrected chi connectivity index (χ1v) is 9.22. The van der Waals surface area contributed by atoms with Gasteiger partial charge in [-0.3, -0.25) is 4.79 Å². The zero-order valence-electron chi connectivity index (χ0n) is 14.2. The zero-order valence-corrected chi connectivity index (χ0v) is 15.0. The molecule has 5 nitrogen and oxygen atoms in total. The first-order chi connectivity index (χ1) is 12.6. The number of benzene rings is 2. The van der Waals surface area contributed by atoms with Crippen molar-refractivity contribution < 1.29 is 9.90 Å². The summed E-state index contributed by atoms with van der Waals surface area (Å²) in [6, 6.07) is 12.6. The van der Waals surface area contributed by atoms with Crippen molar-refractivity contribution in [1.82, 2.24) is 15.3 Å². The number of nitrogens with one attached hydrogen (secondary N) is 2. The number of aromatic amines is 1. The van der Waals surface area contributed by atoms with E-state index in [1.54, 1.807) is 6.07 Å². The van der Waals surface area contributed by atoms with Gasteiger partial charge in [0, 0.05) is 17.5 Å². The van der Waals surface area contributed by atoms with E-state index in [0.29, 0.717) is 11.5 Å². The molecule has 2 atom stereocenters. The van der Waals surface area contributed by atoms with E-state index in [1.807, 2.05) is 24.3 Å². The number of aromatic nitrogens is 2. The van der Waals surface area contributed by atoms with Gasteiger partial charge >= 0.3 is 0 Å². The molecule has 0 bridgehead atoms. The molecule has 0 saturated heterocycles. The van der Waals surface area contributed by atoms with Crippen molar-refractivity contribution in [3.8, 4) is 5.75 Å². The zero-order chi connectivity index (χ0) is 18.1. The Kier molecular flexibility index (Phi) is 4.55. The first kappa shape index (κ1) is 16.9. The van der Waals surface area contributed by atoms with E-state index in [0.717, 1.165) is 42.5 Å². The molecule has 1 amide bonds. The standard InChI is InChI=1S/C20H20ClN3O2/c21-15-11-13(8-9-18(15)25)20(26)22-14-5-3-4-12(10-14)19-23-16-6-1-2-7-17(16)24-19/h1-2,6-9,11-12,14,25H,3-5,10H2,(H,22,26)(H,23,24). The minimum absolute atomic E-state index is 0.0224. The van der Waals surface area contributed by atoms with Gasteiger partial charge in [-0.2, -0.15) is 0 Å². The summed E-state index contributed by atoms with van der Waals surface area (Å²) in [5, 5.41) is 12.8. The lowest BCUT2D eigenvalue weighted by Gasteiger charge is -2.28. The molecule has 1 heterocycles. The Labute approximate surface area is 156 Å². The predicted molar refractivity (Wildman–Crippen MR) is 102 cm³/mol. The third-order valence-electron chi connectivity index (χ3n) is 5.01. The lowest BCUT2D eigenvalue weighted by atomic mass is 9.85. The van der Waals surface area contributed by atoms with Gasteiger partial charge in [-0.15, -0.1) is 0 Å². The smallest absolute Gasteiger partial charge is 0.251 e. The molecule has 3 aromatic rings. The van der Waals surface area contributed by atoms with Crippen molar-refractivity contribution >= 4 is 28.5 Å². The Morgan fingerprint density at radius 3 is 2.88 bits per heavy atom. The van der Waals surface area contributed by atoms with Gasteiger partial charge in [0.25, 0.3) is 5.91 Å². The minimum Gasteiger partial charge on any atom is -0.506 e. The van der Waals surface area contributed by atoms with Crippen LogP contribution in [0.2, 0.25) is 5.02 Å². The number of hydrogen-bond donors (Lipinski definition) is 3. The van der Waals surface area contributed by atoms with Crippen LogP contribution in [-0.2, 0) is 0 Å². The number of carbonyl (C=O) groups is 1. The van der Waals surface area contributed by atoms with E-state index >= 15 is 0 Å². The van der Waals surface area contributed by atoms with E-state index in [-0.39, 0.29) is 22.7 Å². The molecule has 1 fully saturated rings. The number of phenolic OH excluding ortho intramolecular Hbond substituents is 1. The van der Waals surface area contributed by atoms with Crippen LogP contribution in [0, 0.1) is 0 Å². The molecule has 0 radical (unpaired) electrons. The summed E-state index contributed by atoms with van der Waals surface area (Å²) >= 11 is 5.90. The van der Waals surface area contributed by atoms with Gasteiger partial charge in [-0.1, -0.05) is 30.2 Å². The first-order valence-electron chi connectivity index (χ1n) is 8.84. The number of amides is 1. The number of imidazole rings is 1. The number of carbonyl (C=O) groups excluding carboxylic acids is 1. The Bertz CT molecular complexity index is 920. The van der Waals surface area contributed by atoms with E-state index < -0.39 is 0 Å². The Hall–Kier alpha value is -2.53. The molecule has 4 rings (SSSR count). The van der Waals surface area contributed by atoms with Crippen LogP contribution in [-0.4, -0.2) is 27.0 Å². The van der Waals surface area contributed by atoms with E-state index in [1.165, 1.54) is 12.1 Å². The maximum atomic E-state index is 12.5. The summed E-state index contributed by atoms with van der Waals surface area (Å²) < 4.78 is 0. The van der Waals surface area contributed by atoms with E-state index in [9.17, 15) is 9.90 Å². The third kappa shape index (κ3) is 3.40. The van der Waals surface area contributed by atoms with Gasteiger partial charge in [0.15, 0.2) is 0 Å². The fraction of sp³-hybridized carbons (Fsp3) is 0.300. The number of fused-ring (bicyclic) bond motifs is 1. The lowest BCUT2D eigenvalue weighted by molar-refractivity contribution is 0.0924. The Balaban J connectivity index is 1.46. The van der Waals surface area contributed by atoms with Crippen LogP contribution in [0.4, 0.5) is 0 Å². The SMILES string of the molecule is O=C(NC1CCCC(c2nc3ccccc3[nH]2)C1)c1ccc(O)c(Cl)c1. The molecule has 1 aliphatic rings.